The second-order valence-electron chi connectivity index (χ2n) is 4.06. The van der Waals surface area contributed by atoms with Crippen molar-refractivity contribution in [2.24, 2.45) is 0 Å². The van der Waals surface area contributed by atoms with Crippen LogP contribution in [0.4, 0.5) is 4.79 Å². The summed E-state index contributed by atoms with van der Waals surface area (Å²) in [6.45, 7) is 8.03. The molecule has 1 atom stereocenters. The lowest BCUT2D eigenvalue weighted by atomic mass is 10.2. The lowest BCUT2D eigenvalue weighted by Crippen LogP contribution is -2.44. The van der Waals surface area contributed by atoms with Crippen LogP contribution in [0.2, 0.25) is 0 Å². The topological polar surface area (TPSA) is 44.4 Å². The minimum Gasteiger partial charge on any atom is -0.338 e. The summed E-state index contributed by atoms with van der Waals surface area (Å²) in [7, 11) is 0. The number of rotatable bonds is 5. The van der Waals surface area contributed by atoms with E-state index < -0.39 is 0 Å². The maximum Gasteiger partial charge on any atom is 0.314 e. The molecule has 0 saturated carbocycles. The molecule has 1 aliphatic rings. The summed E-state index contributed by atoms with van der Waals surface area (Å²) >= 11 is 0. The zero-order valence-corrected chi connectivity index (χ0v) is 9.88. The molecule has 2 N–H and O–H groups in total. The third-order valence-electron chi connectivity index (χ3n) is 2.94. The van der Waals surface area contributed by atoms with Gasteiger partial charge in [-0.1, -0.05) is 13.8 Å². The van der Waals surface area contributed by atoms with Gasteiger partial charge >= 0.3 is 6.03 Å². The van der Waals surface area contributed by atoms with E-state index in [4.69, 9.17) is 0 Å². The van der Waals surface area contributed by atoms with Crippen molar-refractivity contribution in [3.63, 3.8) is 0 Å². The normalized spacial score (nSPS) is 21.6. The molecule has 0 aliphatic carbocycles. The Morgan fingerprint density at radius 1 is 1.40 bits per heavy atom. The molecule has 1 fully saturated rings. The number of urea groups is 1. The first kappa shape index (κ1) is 12.3. The van der Waals surface area contributed by atoms with E-state index in [-0.39, 0.29) is 6.03 Å². The number of nitrogens with one attached hydrogen (secondary N) is 2. The van der Waals surface area contributed by atoms with E-state index in [0.29, 0.717) is 6.04 Å². The Morgan fingerprint density at radius 2 is 2.20 bits per heavy atom. The fourth-order valence-electron chi connectivity index (χ4n) is 2.05. The van der Waals surface area contributed by atoms with Crippen LogP contribution in [0.3, 0.4) is 0 Å². The summed E-state index contributed by atoms with van der Waals surface area (Å²) in [6, 6.07) is 0.516. The predicted molar refractivity (Wildman–Crippen MR) is 62.0 cm³/mol. The second kappa shape index (κ2) is 6.67. The summed E-state index contributed by atoms with van der Waals surface area (Å²) < 4.78 is 0. The van der Waals surface area contributed by atoms with Crippen molar-refractivity contribution in [1.82, 2.24) is 15.5 Å². The molecule has 1 aliphatic heterocycles. The van der Waals surface area contributed by atoms with E-state index in [0.717, 1.165) is 26.1 Å². The van der Waals surface area contributed by atoms with Crippen LogP contribution in [0.5, 0.6) is 0 Å². The van der Waals surface area contributed by atoms with E-state index in [1.165, 1.54) is 19.4 Å². The van der Waals surface area contributed by atoms with Gasteiger partial charge in [0.15, 0.2) is 0 Å². The molecule has 4 nitrogen and oxygen atoms in total. The zero-order chi connectivity index (χ0) is 11.1. The second-order valence-corrected chi connectivity index (χ2v) is 4.06. The zero-order valence-electron chi connectivity index (χ0n) is 9.88. The summed E-state index contributed by atoms with van der Waals surface area (Å²) in [5, 5.41) is 5.75. The molecule has 88 valence electrons. The molecular formula is C11H23N3O. The molecule has 2 amide bonds. The lowest BCUT2D eigenvalue weighted by Gasteiger charge is -2.22. The Hall–Kier alpha value is -0.770. The van der Waals surface area contributed by atoms with Crippen LogP contribution in [0, 0.1) is 0 Å². The van der Waals surface area contributed by atoms with Gasteiger partial charge in [0.05, 0.1) is 0 Å². The van der Waals surface area contributed by atoms with E-state index in [1.807, 2.05) is 0 Å². The molecule has 1 heterocycles. The standard InChI is InChI=1S/C11H23N3O/c1-3-7-12-11(15)13-9-10-6-5-8-14(10)4-2/h10H,3-9H2,1-2H3,(H2,12,13,15). The Bertz CT molecular complexity index is 196. The van der Waals surface area contributed by atoms with Gasteiger partial charge in [0.2, 0.25) is 0 Å². The number of likely N-dealkylation sites (N-methyl/N-ethyl adjacent to an activating group) is 1. The highest BCUT2D eigenvalue weighted by molar-refractivity contribution is 5.73. The van der Waals surface area contributed by atoms with Crippen LogP contribution < -0.4 is 10.6 Å². The molecule has 0 aromatic heterocycles. The number of likely N-dealkylation sites (tertiary alicyclic amines) is 1. The van der Waals surface area contributed by atoms with Gasteiger partial charge in [-0.3, -0.25) is 4.90 Å². The monoisotopic (exact) mass is 213 g/mol. The molecule has 4 heteroatoms. The summed E-state index contributed by atoms with van der Waals surface area (Å²) in [5.74, 6) is 0. The average molecular weight is 213 g/mol. The summed E-state index contributed by atoms with van der Waals surface area (Å²) in [6.07, 6.45) is 3.45. The van der Waals surface area contributed by atoms with Gasteiger partial charge in [-0.2, -0.15) is 0 Å². The SMILES string of the molecule is CCCNC(=O)NCC1CCCN1CC. The fraction of sp³-hybridized carbons (Fsp3) is 0.909. The molecule has 0 spiro atoms. The number of carbonyl (C=O) groups excluding carboxylic acids is 1. The minimum atomic E-state index is -0.0280. The Morgan fingerprint density at radius 3 is 2.87 bits per heavy atom. The van der Waals surface area contributed by atoms with Gasteiger partial charge in [-0.05, 0) is 32.4 Å². The van der Waals surface area contributed by atoms with E-state index in [9.17, 15) is 4.79 Å². The van der Waals surface area contributed by atoms with Gasteiger partial charge in [0.25, 0.3) is 0 Å². The molecule has 15 heavy (non-hydrogen) atoms. The van der Waals surface area contributed by atoms with Crippen LogP contribution >= 0.6 is 0 Å². The maximum atomic E-state index is 11.3. The molecule has 0 radical (unpaired) electrons. The predicted octanol–water partition coefficient (Wildman–Crippen LogP) is 1.18. The fourth-order valence-corrected chi connectivity index (χ4v) is 2.05. The van der Waals surface area contributed by atoms with Crippen molar-refractivity contribution >= 4 is 6.03 Å². The molecule has 1 rings (SSSR count). The smallest absolute Gasteiger partial charge is 0.314 e. The lowest BCUT2D eigenvalue weighted by molar-refractivity contribution is 0.229. The van der Waals surface area contributed by atoms with Crippen LogP contribution in [-0.2, 0) is 0 Å². The van der Waals surface area contributed by atoms with Crippen molar-refractivity contribution in [3.05, 3.63) is 0 Å². The van der Waals surface area contributed by atoms with Gasteiger partial charge in [-0.15, -0.1) is 0 Å². The molecule has 1 saturated heterocycles. The minimum absolute atomic E-state index is 0.0280. The highest BCUT2D eigenvalue weighted by Crippen LogP contribution is 2.15. The van der Waals surface area contributed by atoms with Crippen molar-refractivity contribution in [1.29, 1.82) is 0 Å². The molecular weight excluding hydrogens is 190 g/mol. The third-order valence-corrected chi connectivity index (χ3v) is 2.94. The number of carbonyl (C=O) groups is 1. The van der Waals surface area contributed by atoms with E-state index >= 15 is 0 Å². The Balaban J connectivity index is 2.15. The van der Waals surface area contributed by atoms with Crippen molar-refractivity contribution < 1.29 is 4.79 Å². The van der Waals surface area contributed by atoms with Crippen LogP contribution in [0.15, 0.2) is 0 Å². The van der Waals surface area contributed by atoms with E-state index in [2.05, 4.69) is 29.4 Å². The first-order chi connectivity index (χ1) is 7.27. The average Bonchev–Trinajstić information content (AvgIpc) is 2.70. The van der Waals surface area contributed by atoms with Crippen LogP contribution in [0.25, 0.3) is 0 Å². The van der Waals surface area contributed by atoms with Crippen LogP contribution in [0.1, 0.15) is 33.1 Å². The molecule has 1 unspecified atom stereocenters. The molecule has 0 aromatic rings. The largest absolute Gasteiger partial charge is 0.338 e. The molecule has 0 bridgehead atoms. The first-order valence-electron chi connectivity index (χ1n) is 6.03. The van der Waals surface area contributed by atoms with Crippen molar-refractivity contribution in [3.8, 4) is 0 Å². The maximum absolute atomic E-state index is 11.3. The molecule has 0 aromatic carbocycles. The summed E-state index contributed by atoms with van der Waals surface area (Å²) in [5.41, 5.74) is 0. The number of nitrogens with zero attached hydrogens (tertiary/aromatic N) is 1. The van der Waals surface area contributed by atoms with Crippen molar-refractivity contribution in [2.75, 3.05) is 26.2 Å². The van der Waals surface area contributed by atoms with Gasteiger partial charge in [-0.25, -0.2) is 4.79 Å². The van der Waals surface area contributed by atoms with Crippen molar-refractivity contribution in [2.45, 2.75) is 39.2 Å². The van der Waals surface area contributed by atoms with Crippen LogP contribution in [-0.4, -0.2) is 43.2 Å². The third kappa shape index (κ3) is 4.08. The number of hydrogen-bond donors (Lipinski definition) is 2. The first-order valence-corrected chi connectivity index (χ1v) is 6.03. The highest BCUT2D eigenvalue weighted by Gasteiger charge is 2.22. The quantitative estimate of drug-likeness (QED) is 0.720. The summed E-state index contributed by atoms with van der Waals surface area (Å²) in [4.78, 5) is 13.7. The van der Waals surface area contributed by atoms with Gasteiger partial charge in [0, 0.05) is 19.1 Å². The highest BCUT2D eigenvalue weighted by atomic mass is 16.2. The van der Waals surface area contributed by atoms with Gasteiger partial charge < -0.3 is 10.6 Å². The Labute approximate surface area is 92.4 Å². The number of hydrogen-bond acceptors (Lipinski definition) is 2. The Kier molecular flexibility index (Phi) is 5.47. The number of amides is 2. The van der Waals surface area contributed by atoms with E-state index in [1.54, 1.807) is 0 Å². The van der Waals surface area contributed by atoms with Gasteiger partial charge in [0.1, 0.15) is 0 Å².